The fourth-order valence-electron chi connectivity index (χ4n) is 3.96. The van der Waals surface area contributed by atoms with Gasteiger partial charge in [-0.1, -0.05) is 48.5 Å². The Balaban J connectivity index is 1.72. The minimum atomic E-state index is -0.302. The van der Waals surface area contributed by atoms with Crippen molar-refractivity contribution in [3.8, 4) is 0 Å². The van der Waals surface area contributed by atoms with Crippen LogP contribution in [0.2, 0.25) is 0 Å². The van der Waals surface area contributed by atoms with Crippen LogP contribution in [0, 0.1) is 5.82 Å². The van der Waals surface area contributed by atoms with E-state index in [1.165, 1.54) is 6.07 Å². The molecule has 0 saturated heterocycles. The average Bonchev–Trinajstić information content (AvgIpc) is 3.11. The number of nitrogens with one attached hydrogen (secondary N) is 2. The van der Waals surface area contributed by atoms with Gasteiger partial charge in [0.2, 0.25) is 0 Å². The van der Waals surface area contributed by atoms with Gasteiger partial charge >= 0.3 is 0 Å². The summed E-state index contributed by atoms with van der Waals surface area (Å²) in [7, 11) is 1.87. The first-order valence-electron chi connectivity index (χ1n) is 9.96. The van der Waals surface area contributed by atoms with E-state index in [-0.39, 0.29) is 12.0 Å². The lowest BCUT2D eigenvalue weighted by atomic mass is 10.0. The molecule has 5 rings (SSSR count). The normalized spacial score (nSPS) is 16.0. The number of aromatic nitrogens is 1. The molecule has 0 fully saturated rings. The maximum absolute atomic E-state index is 14.8. The van der Waals surface area contributed by atoms with Gasteiger partial charge in [-0.15, -0.1) is 0 Å². The van der Waals surface area contributed by atoms with E-state index >= 15 is 0 Å². The molecule has 0 aliphatic carbocycles. The summed E-state index contributed by atoms with van der Waals surface area (Å²) in [4.78, 5) is 13.2. The smallest absolute Gasteiger partial charge is 0.139 e. The Labute approximate surface area is 173 Å². The van der Waals surface area contributed by atoms with Crippen molar-refractivity contribution in [1.29, 1.82) is 0 Å². The van der Waals surface area contributed by atoms with E-state index in [1.54, 1.807) is 12.1 Å². The molecule has 2 heterocycles. The summed E-state index contributed by atoms with van der Waals surface area (Å²) >= 11 is 0. The Kier molecular flexibility index (Phi) is 4.73. The first kappa shape index (κ1) is 18.5. The number of rotatable bonds is 4. The van der Waals surface area contributed by atoms with E-state index < -0.39 is 0 Å². The highest BCUT2D eigenvalue weighted by atomic mass is 19.1. The van der Waals surface area contributed by atoms with Gasteiger partial charge in [0.1, 0.15) is 12.0 Å². The van der Waals surface area contributed by atoms with Crippen molar-refractivity contribution < 1.29 is 4.39 Å². The number of hydrogen-bond donors (Lipinski definition) is 2. The van der Waals surface area contributed by atoms with Gasteiger partial charge in [-0.25, -0.2) is 4.39 Å². The molecule has 1 unspecified atom stereocenters. The molecule has 0 amide bonds. The van der Waals surface area contributed by atoms with Crippen molar-refractivity contribution in [2.24, 2.45) is 9.98 Å². The molecule has 0 spiro atoms. The minimum Gasteiger partial charge on any atom is -0.361 e. The van der Waals surface area contributed by atoms with Crippen molar-refractivity contribution in [3.05, 3.63) is 107 Å². The van der Waals surface area contributed by atoms with Crippen LogP contribution in [-0.2, 0) is 6.42 Å². The van der Waals surface area contributed by atoms with Gasteiger partial charge in [-0.3, -0.25) is 15.3 Å². The molecule has 148 valence electrons. The Morgan fingerprint density at radius 2 is 1.73 bits per heavy atom. The molecule has 1 aromatic heterocycles. The molecule has 0 saturated carbocycles. The van der Waals surface area contributed by atoms with Crippen LogP contribution in [0.1, 0.15) is 11.1 Å². The lowest BCUT2D eigenvalue weighted by Gasteiger charge is -2.14. The Morgan fingerprint density at radius 3 is 2.60 bits per heavy atom. The molecular weight excluding hydrogens is 375 g/mol. The predicted molar refractivity (Wildman–Crippen MR) is 118 cm³/mol. The first-order valence-corrected chi connectivity index (χ1v) is 9.96. The number of aliphatic imine (C=N–C) groups is 1. The molecule has 5 heteroatoms. The fourth-order valence-corrected chi connectivity index (χ4v) is 3.96. The Morgan fingerprint density at radius 1 is 0.967 bits per heavy atom. The maximum atomic E-state index is 14.8. The lowest BCUT2D eigenvalue weighted by Crippen LogP contribution is -2.36. The van der Waals surface area contributed by atoms with Crippen molar-refractivity contribution in [1.82, 2.24) is 10.3 Å². The molecule has 1 atom stereocenters. The number of H-pyrrole nitrogens is 1. The van der Waals surface area contributed by atoms with E-state index in [4.69, 9.17) is 9.98 Å². The van der Waals surface area contributed by atoms with Gasteiger partial charge < -0.3 is 4.98 Å². The van der Waals surface area contributed by atoms with Crippen LogP contribution in [-0.4, -0.2) is 23.9 Å². The van der Waals surface area contributed by atoms with Crippen LogP contribution in [0.4, 0.5) is 4.39 Å². The summed E-state index contributed by atoms with van der Waals surface area (Å²) in [6.45, 7) is 0. The molecule has 2 N–H and O–H groups in total. The maximum Gasteiger partial charge on any atom is 0.139 e. The van der Waals surface area contributed by atoms with Gasteiger partial charge in [0.25, 0.3) is 0 Å². The molecule has 30 heavy (non-hydrogen) atoms. The highest BCUT2D eigenvalue weighted by molar-refractivity contribution is 5.98. The highest BCUT2D eigenvalue weighted by Gasteiger charge is 2.20. The number of benzene rings is 3. The summed E-state index contributed by atoms with van der Waals surface area (Å²) < 4.78 is 14.8. The molecule has 0 radical (unpaired) electrons. The number of fused-ring (bicyclic) bond motifs is 2. The summed E-state index contributed by atoms with van der Waals surface area (Å²) in [5.74, 6) is -0.291. The largest absolute Gasteiger partial charge is 0.361 e. The van der Waals surface area contributed by atoms with Crippen LogP contribution in [0.25, 0.3) is 16.6 Å². The summed E-state index contributed by atoms with van der Waals surface area (Å²) in [5.41, 5.74) is 4.16. The summed E-state index contributed by atoms with van der Waals surface area (Å²) in [6, 6.07) is 22.7. The van der Waals surface area contributed by atoms with Gasteiger partial charge in [0, 0.05) is 34.3 Å². The predicted octanol–water partition coefficient (Wildman–Crippen LogP) is 3.33. The van der Waals surface area contributed by atoms with Crippen molar-refractivity contribution in [3.63, 3.8) is 0 Å². The van der Waals surface area contributed by atoms with Crippen molar-refractivity contribution in [2.45, 2.75) is 12.6 Å². The second-order valence-electron chi connectivity index (χ2n) is 7.31. The number of aromatic amines is 1. The van der Waals surface area contributed by atoms with Gasteiger partial charge in [-0.05, 0) is 36.9 Å². The number of para-hydroxylation sites is 2. The van der Waals surface area contributed by atoms with Crippen LogP contribution in [0.15, 0.2) is 89.0 Å². The molecule has 0 bridgehead atoms. The summed E-state index contributed by atoms with van der Waals surface area (Å²) in [6.07, 6.45) is 2.31. The number of nitrogens with zero attached hydrogens (tertiary/aromatic N) is 2. The Hall–Kier alpha value is -3.57. The molecule has 1 aliphatic rings. The molecule has 4 nitrogen and oxygen atoms in total. The van der Waals surface area contributed by atoms with E-state index in [9.17, 15) is 4.39 Å². The monoisotopic (exact) mass is 396 g/mol. The molecule has 3 aromatic carbocycles. The zero-order valence-corrected chi connectivity index (χ0v) is 16.6. The topological polar surface area (TPSA) is 52.5 Å². The first-order chi connectivity index (χ1) is 14.7. The van der Waals surface area contributed by atoms with Crippen molar-refractivity contribution >= 4 is 22.3 Å². The van der Waals surface area contributed by atoms with Gasteiger partial charge in [0.05, 0.1) is 16.8 Å². The van der Waals surface area contributed by atoms with Crippen molar-refractivity contribution in [2.75, 3.05) is 7.05 Å². The number of hydrogen-bond acceptors (Lipinski definition) is 3. The van der Waals surface area contributed by atoms with E-state index in [0.29, 0.717) is 17.7 Å². The lowest BCUT2D eigenvalue weighted by molar-refractivity contribution is 0.623. The van der Waals surface area contributed by atoms with Crippen LogP contribution in [0.3, 0.4) is 0 Å². The Bertz CT molecular complexity index is 1380. The zero-order valence-electron chi connectivity index (χ0n) is 16.6. The zero-order chi connectivity index (χ0) is 20.5. The third-order valence-corrected chi connectivity index (χ3v) is 5.45. The molecular formula is C25H21FN4. The number of halogens is 1. The molecule has 1 aliphatic heterocycles. The third kappa shape index (κ3) is 3.23. The van der Waals surface area contributed by atoms with Crippen LogP contribution < -0.4 is 15.9 Å². The SMILES string of the molecule is CNC1N=c2ccccc2=C(c2ccccc2F)N=C1Cc1c[nH]c2ccccc12. The quantitative estimate of drug-likeness (QED) is 0.546. The summed E-state index contributed by atoms with van der Waals surface area (Å²) in [5, 5.41) is 6.05. The van der Waals surface area contributed by atoms with Gasteiger partial charge in [-0.2, -0.15) is 0 Å². The average molecular weight is 396 g/mol. The van der Waals surface area contributed by atoms with E-state index in [2.05, 4.69) is 22.4 Å². The third-order valence-electron chi connectivity index (χ3n) is 5.45. The van der Waals surface area contributed by atoms with Crippen LogP contribution >= 0.6 is 0 Å². The van der Waals surface area contributed by atoms with Gasteiger partial charge in [0.15, 0.2) is 0 Å². The second kappa shape index (κ2) is 7.69. The van der Waals surface area contributed by atoms with E-state index in [1.807, 2.05) is 55.7 Å². The highest BCUT2D eigenvalue weighted by Crippen LogP contribution is 2.22. The molecule has 4 aromatic rings. The second-order valence-corrected chi connectivity index (χ2v) is 7.31. The van der Waals surface area contributed by atoms with E-state index in [0.717, 1.165) is 32.8 Å². The fraction of sp³-hybridized carbons (Fsp3) is 0.120. The van der Waals surface area contributed by atoms with Crippen LogP contribution in [0.5, 0.6) is 0 Å². The standard InChI is InChI=1S/C25H21FN4/c1-27-25-23(14-16-15-28-21-12-6-3-8-17(16)21)29-24(18-9-2-5-11-20(18)26)19-10-4-7-13-22(19)30-25/h2-13,15,25,27-28H,14H2,1H3. The minimum absolute atomic E-state index is 0.291.